The smallest absolute Gasteiger partial charge is 0.268 e. The Bertz CT molecular complexity index is 1090. The number of hydrogen-bond acceptors (Lipinski definition) is 6. The molecular weight excluding hydrogens is 423 g/mol. The second-order valence-electron chi connectivity index (χ2n) is 5.93. The fourth-order valence-electron chi connectivity index (χ4n) is 2.66. The number of anilines is 1. The van der Waals surface area contributed by atoms with Crippen LogP contribution in [0.2, 0.25) is 0 Å². The summed E-state index contributed by atoms with van der Waals surface area (Å²) in [6.07, 6.45) is -2.77. The molecule has 0 bridgehead atoms. The minimum atomic E-state index is -4.44. The van der Waals surface area contributed by atoms with Crippen LogP contribution >= 0.6 is 24.0 Å². The predicted octanol–water partition coefficient (Wildman–Crippen LogP) is 4.29. The van der Waals surface area contributed by atoms with Crippen LogP contribution in [0.15, 0.2) is 53.4 Å². The number of thiocarbonyl (C=S) groups is 1. The van der Waals surface area contributed by atoms with Gasteiger partial charge in [-0.3, -0.25) is 9.69 Å². The number of halogens is 3. The maximum Gasteiger partial charge on any atom is 0.416 e. The highest BCUT2D eigenvalue weighted by atomic mass is 32.2. The second kappa shape index (κ2) is 7.41. The lowest BCUT2D eigenvalue weighted by molar-refractivity contribution is -0.137. The zero-order valence-corrected chi connectivity index (χ0v) is 16.0. The molecule has 0 unspecified atom stereocenters. The van der Waals surface area contributed by atoms with Gasteiger partial charge in [-0.25, -0.2) is 5.10 Å². The molecule has 1 aliphatic heterocycles. The summed E-state index contributed by atoms with van der Waals surface area (Å²) >= 11 is 6.34. The summed E-state index contributed by atoms with van der Waals surface area (Å²) in [4.78, 5) is 14.4. The molecule has 0 aliphatic carbocycles. The van der Waals surface area contributed by atoms with Gasteiger partial charge in [-0.05, 0) is 46.3 Å². The molecule has 0 spiro atoms. The molecule has 1 aliphatic rings. The number of nitrogens with zero attached hydrogens (tertiary/aromatic N) is 4. The van der Waals surface area contributed by atoms with E-state index in [4.69, 9.17) is 12.2 Å². The summed E-state index contributed by atoms with van der Waals surface area (Å²) in [5.74, 6) is 0.133. The summed E-state index contributed by atoms with van der Waals surface area (Å²) in [5, 5.41) is 13.5. The van der Waals surface area contributed by atoms with Gasteiger partial charge in [0.2, 0.25) is 0 Å². The van der Waals surface area contributed by atoms with Gasteiger partial charge in [0.1, 0.15) is 0 Å². The molecule has 0 saturated carbocycles. The summed E-state index contributed by atoms with van der Waals surface area (Å²) < 4.78 is 38.5. The van der Waals surface area contributed by atoms with Crippen LogP contribution < -0.4 is 4.90 Å². The van der Waals surface area contributed by atoms with Crippen molar-refractivity contribution in [2.24, 2.45) is 0 Å². The zero-order chi connectivity index (χ0) is 20.6. The van der Waals surface area contributed by atoms with Crippen molar-refractivity contribution in [1.29, 1.82) is 0 Å². The summed E-state index contributed by atoms with van der Waals surface area (Å²) in [7, 11) is 0. The molecule has 2 aromatic carbocycles. The largest absolute Gasteiger partial charge is 0.416 e. The quantitative estimate of drug-likeness (QED) is 0.491. The molecule has 0 atom stereocenters. The average molecular weight is 433 g/mol. The van der Waals surface area contributed by atoms with Crippen LogP contribution in [0, 0.1) is 0 Å². The number of carbonyl (C=O) groups is 1. The van der Waals surface area contributed by atoms with Gasteiger partial charge in [-0.2, -0.15) is 13.2 Å². The van der Waals surface area contributed by atoms with E-state index in [2.05, 4.69) is 20.6 Å². The first-order valence-electron chi connectivity index (χ1n) is 8.12. The molecule has 1 aromatic heterocycles. The summed E-state index contributed by atoms with van der Waals surface area (Å²) in [6, 6.07) is 11.5. The molecule has 1 saturated heterocycles. The van der Waals surface area contributed by atoms with Gasteiger partial charge >= 0.3 is 6.18 Å². The van der Waals surface area contributed by atoms with Crippen molar-refractivity contribution in [3.8, 4) is 11.4 Å². The van der Waals surface area contributed by atoms with Crippen molar-refractivity contribution >= 4 is 46.0 Å². The van der Waals surface area contributed by atoms with Crippen molar-refractivity contribution in [3.05, 3.63) is 64.6 Å². The third-order valence-corrected chi connectivity index (χ3v) is 5.38. The van der Waals surface area contributed by atoms with Crippen LogP contribution in [-0.4, -0.2) is 30.9 Å². The maximum absolute atomic E-state index is 12.8. The zero-order valence-electron chi connectivity index (χ0n) is 14.3. The number of thioether (sulfide) groups is 1. The van der Waals surface area contributed by atoms with E-state index >= 15 is 0 Å². The number of benzene rings is 2. The minimum absolute atomic E-state index is 0.255. The van der Waals surface area contributed by atoms with E-state index in [1.807, 2.05) is 0 Å². The van der Waals surface area contributed by atoms with Crippen LogP contribution in [0.4, 0.5) is 18.9 Å². The molecule has 2 heterocycles. The highest BCUT2D eigenvalue weighted by molar-refractivity contribution is 8.27. The monoisotopic (exact) mass is 433 g/mol. The number of rotatable bonds is 3. The van der Waals surface area contributed by atoms with Crippen molar-refractivity contribution in [1.82, 2.24) is 20.6 Å². The van der Waals surface area contributed by atoms with Crippen LogP contribution in [0.1, 0.15) is 11.1 Å². The average Bonchev–Trinajstić information content (AvgIpc) is 3.31. The Kier molecular flexibility index (Phi) is 4.92. The van der Waals surface area contributed by atoms with Crippen LogP contribution in [-0.2, 0) is 11.0 Å². The Morgan fingerprint density at radius 3 is 2.34 bits per heavy atom. The molecule has 1 fully saturated rings. The van der Waals surface area contributed by atoms with Crippen LogP contribution in [0.5, 0.6) is 0 Å². The van der Waals surface area contributed by atoms with E-state index in [-0.39, 0.29) is 15.9 Å². The molecule has 29 heavy (non-hydrogen) atoms. The number of H-pyrrole nitrogens is 1. The Labute approximate surface area is 171 Å². The van der Waals surface area contributed by atoms with Crippen molar-refractivity contribution < 1.29 is 18.0 Å². The van der Waals surface area contributed by atoms with Crippen LogP contribution in [0.25, 0.3) is 17.5 Å². The second-order valence-corrected chi connectivity index (χ2v) is 7.61. The van der Waals surface area contributed by atoms with Crippen LogP contribution in [0.3, 0.4) is 0 Å². The Morgan fingerprint density at radius 2 is 1.76 bits per heavy atom. The number of aromatic nitrogens is 4. The SMILES string of the molecule is O=C1/C(=C/c2ccc(-c3nnn[nH]3)cc2)SC(=S)N1c1ccc(C(F)(F)F)cc1. The predicted molar refractivity (Wildman–Crippen MR) is 107 cm³/mol. The van der Waals surface area contributed by atoms with E-state index in [0.29, 0.717) is 10.7 Å². The van der Waals surface area contributed by atoms with Crippen molar-refractivity contribution in [3.63, 3.8) is 0 Å². The first-order valence-corrected chi connectivity index (χ1v) is 9.35. The number of aromatic amines is 1. The molecule has 3 aromatic rings. The molecular formula is C18H10F3N5OS2. The van der Waals surface area contributed by atoms with Gasteiger partial charge in [0.15, 0.2) is 10.1 Å². The van der Waals surface area contributed by atoms with Gasteiger partial charge in [0.25, 0.3) is 5.91 Å². The minimum Gasteiger partial charge on any atom is -0.268 e. The molecule has 1 N–H and O–H groups in total. The lowest BCUT2D eigenvalue weighted by Gasteiger charge is -2.15. The molecule has 146 valence electrons. The summed E-state index contributed by atoms with van der Waals surface area (Å²) in [6.45, 7) is 0. The molecule has 11 heteroatoms. The third-order valence-electron chi connectivity index (χ3n) is 4.07. The highest BCUT2D eigenvalue weighted by Gasteiger charge is 2.35. The maximum atomic E-state index is 12.8. The van der Waals surface area contributed by atoms with Crippen molar-refractivity contribution in [2.45, 2.75) is 6.18 Å². The fourth-order valence-corrected chi connectivity index (χ4v) is 3.96. The molecule has 0 radical (unpaired) electrons. The lowest BCUT2D eigenvalue weighted by atomic mass is 10.1. The molecule has 4 rings (SSSR count). The number of tetrazole rings is 1. The van der Waals surface area contributed by atoms with Gasteiger partial charge in [0.05, 0.1) is 16.2 Å². The summed E-state index contributed by atoms with van der Waals surface area (Å²) in [5.41, 5.74) is 1.04. The number of hydrogen-bond donors (Lipinski definition) is 1. The van der Waals surface area contributed by atoms with Crippen molar-refractivity contribution in [2.75, 3.05) is 4.90 Å². The number of carbonyl (C=O) groups excluding carboxylic acids is 1. The van der Waals surface area contributed by atoms with E-state index in [9.17, 15) is 18.0 Å². The number of alkyl halides is 3. The lowest BCUT2D eigenvalue weighted by Crippen LogP contribution is -2.27. The first kappa shape index (κ1) is 19.3. The highest BCUT2D eigenvalue weighted by Crippen LogP contribution is 2.37. The first-order chi connectivity index (χ1) is 13.8. The van der Waals surface area contributed by atoms with E-state index in [1.54, 1.807) is 30.3 Å². The van der Waals surface area contributed by atoms with E-state index in [0.717, 1.165) is 35.0 Å². The van der Waals surface area contributed by atoms with E-state index in [1.165, 1.54) is 17.0 Å². The fraction of sp³-hybridized carbons (Fsp3) is 0.0556. The standard InChI is InChI=1S/C18H10F3N5OS2/c19-18(20,21)12-5-7-13(8-6-12)26-16(27)14(29-17(26)28)9-10-1-3-11(4-2-10)15-22-24-25-23-15/h1-9H,(H,22,23,24,25)/b14-9-. The molecule has 6 nitrogen and oxygen atoms in total. The van der Waals surface area contributed by atoms with Gasteiger partial charge < -0.3 is 0 Å². The molecule has 1 amide bonds. The normalized spacial score (nSPS) is 16.1. The Hall–Kier alpha value is -3.05. The Balaban J connectivity index is 1.56. The number of amides is 1. The van der Waals surface area contributed by atoms with Gasteiger partial charge in [-0.1, -0.05) is 48.2 Å². The van der Waals surface area contributed by atoms with E-state index < -0.39 is 11.7 Å². The van der Waals surface area contributed by atoms with Gasteiger partial charge in [-0.15, -0.1) is 5.10 Å². The number of nitrogens with one attached hydrogen (secondary N) is 1. The topological polar surface area (TPSA) is 74.8 Å². The van der Waals surface area contributed by atoms with Gasteiger partial charge in [0, 0.05) is 5.56 Å². The third kappa shape index (κ3) is 3.91. The Morgan fingerprint density at radius 1 is 1.07 bits per heavy atom.